The Bertz CT molecular complexity index is 703. The van der Waals surface area contributed by atoms with E-state index in [9.17, 15) is 9.59 Å². The predicted octanol–water partition coefficient (Wildman–Crippen LogP) is 2.72. The molecule has 6 nitrogen and oxygen atoms in total. The Labute approximate surface area is 147 Å². The third-order valence-corrected chi connectivity index (χ3v) is 3.98. The maximum absolute atomic E-state index is 12.4. The SMILES string of the molecule is Cc1noc(C)c1COC(=O)[C@H](NC(=O)Cc1ccccc1)C(C)C. The zero-order valence-electron chi connectivity index (χ0n) is 15.0. The first-order valence-corrected chi connectivity index (χ1v) is 8.30. The summed E-state index contributed by atoms with van der Waals surface area (Å²) < 4.78 is 10.4. The lowest BCUT2D eigenvalue weighted by atomic mass is 10.0. The minimum absolute atomic E-state index is 0.0811. The number of esters is 1. The largest absolute Gasteiger partial charge is 0.459 e. The lowest BCUT2D eigenvalue weighted by molar-refractivity contribution is -0.150. The standard InChI is InChI=1S/C19H24N2O4/c1-12(2)18(20-17(22)10-15-8-6-5-7-9-15)19(23)24-11-16-13(3)21-25-14(16)4/h5-9,12,18H,10-11H2,1-4H3,(H,20,22)/t18-/m1/s1. The highest BCUT2D eigenvalue weighted by atomic mass is 16.5. The molecule has 134 valence electrons. The molecule has 1 aromatic heterocycles. The van der Waals surface area contributed by atoms with E-state index in [1.807, 2.05) is 44.2 Å². The molecular formula is C19H24N2O4. The molecule has 1 aromatic carbocycles. The molecule has 0 bridgehead atoms. The van der Waals surface area contributed by atoms with Crippen molar-refractivity contribution in [3.8, 4) is 0 Å². The molecule has 25 heavy (non-hydrogen) atoms. The lowest BCUT2D eigenvalue weighted by Crippen LogP contribution is -2.45. The van der Waals surface area contributed by atoms with Crippen LogP contribution in [0.3, 0.4) is 0 Å². The van der Waals surface area contributed by atoms with Crippen molar-refractivity contribution in [1.29, 1.82) is 0 Å². The molecule has 2 aromatic rings. The van der Waals surface area contributed by atoms with Crippen molar-refractivity contribution in [1.82, 2.24) is 10.5 Å². The van der Waals surface area contributed by atoms with E-state index >= 15 is 0 Å². The average molecular weight is 344 g/mol. The molecule has 0 saturated carbocycles. The number of rotatable bonds is 7. The van der Waals surface area contributed by atoms with Gasteiger partial charge in [0.1, 0.15) is 18.4 Å². The zero-order valence-corrected chi connectivity index (χ0v) is 15.0. The van der Waals surface area contributed by atoms with Crippen LogP contribution in [0.2, 0.25) is 0 Å². The summed E-state index contributed by atoms with van der Waals surface area (Å²) in [5.41, 5.74) is 2.34. The summed E-state index contributed by atoms with van der Waals surface area (Å²) in [4.78, 5) is 24.6. The zero-order chi connectivity index (χ0) is 18.4. The van der Waals surface area contributed by atoms with Gasteiger partial charge in [0.15, 0.2) is 0 Å². The smallest absolute Gasteiger partial charge is 0.329 e. The number of aromatic nitrogens is 1. The van der Waals surface area contributed by atoms with Crippen LogP contribution in [-0.2, 0) is 27.4 Å². The molecule has 0 unspecified atom stereocenters. The van der Waals surface area contributed by atoms with Crippen molar-refractivity contribution in [2.45, 2.75) is 46.8 Å². The summed E-state index contributed by atoms with van der Waals surface area (Å²) in [6, 6.07) is 8.70. The van der Waals surface area contributed by atoms with Crippen molar-refractivity contribution in [3.63, 3.8) is 0 Å². The van der Waals surface area contributed by atoms with Gasteiger partial charge in [-0.1, -0.05) is 49.3 Å². The van der Waals surface area contributed by atoms with Crippen LogP contribution >= 0.6 is 0 Å². The number of carbonyl (C=O) groups excluding carboxylic acids is 2. The van der Waals surface area contributed by atoms with E-state index in [4.69, 9.17) is 9.26 Å². The molecule has 0 aliphatic heterocycles. The first-order chi connectivity index (χ1) is 11.9. The second kappa shape index (κ2) is 8.46. The minimum atomic E-state index is -0.698. The van der Waals surface area contributed by atoms with Crippen LogP contribution in [0, 0.1) is 19.8 Å². The second-order valence-corrected chi connectivity index (χ2v) is 6.36. The Morgan fingerprint density at radius 2 is 1.88 bits per heavy atom. The number of benzene rings is 1. The maximum Gasteiger partial charge on any atom is 0.329 e. The molecule has 0 radical (unpaired) electrons. The van der Waals surface area contributed by atoms with Crippen LogP contribution in [0.4, 0.5) is 0 Å². The number of aryl methyl sites for hydroxylation is 2. The van der Waals surface area contributed by atoms with Crippen LogP contribution < -0.4 is 5.32 Å². The van der Waals surface area contributed by atoms with E-state index < -0.39 is 12.0 Å². The van der Waals surface area contributed by atoms with E-state index in [0.29, 0.717) is 11.5 Å². The Kier molecular flexibility index (Phi) is 6.33. The fourth-order valence-electron chi connectivity index (χ4n) is 2.44. The predicted molar refractivity (Wildman–Crippen MR) is 92.7 cm³/mol. The quantitative estimate of drug-likeness (QED) is 0.781. The summed E-state index contributed by atoms with van der Waals surface area (Å²) >= 11 is 0. The molecular weight excluding hydrogens is 320 g/mol. The average Bonchev–Trinajstić information content (AvgIpc) is 2.89. The number of nitrogens with zero attached hydrogens (tertiary/aromatic N) is 1. The van der Waals surface area contributed by atoms with E-state index in [1.54, 1.807) is 13.8 Å². The van der Waals surface area contributed by atoms with Gasteiger partial charge >= 0.3 is 5.97 Å². The fraction of sp³-hybridized carbons (Fsp3) is 0.421. The van der Waals surface area contributed by atoms with Crippen LogP contribution in [0.5, 0.6) is 0 Å². The number of ether oxygens (including phenoxy) is 1. The Morgan fingerprint density at radius 1 is 1.20 bits per heavy atom. The van der Waals surface area contributed by atoms with E-state index in [0.717, 1.165) is 11.1 Å². The summed E-state index contributed by atoms with van der Waals surface area (Å²) in [7, 11) is 0. The number of nitrogens with one attached hydrogen (secondary N) is 1. The summed E-state index contributed by atoms with van der Waals surface area (Å²) in [5, 5.41) is 6.60. The second-order valence-electron chi connectivity index (χ2n) is 6.36. The fourth-order valence-corrected chi connectivity index (χ4v) is 2.44. The Morgan fingerprint density at radius 3 is 2.44 bits per heavy atom. The van der Waals surface area contributed by atoms with E-state index in [1.165, 1.54) is 0 Å². The molecule has 2 rings (SSSR count). The van der Waals surface area contributed by atoms with Crippen molar-refractivity contribution in [2.24, 2.45) is 5.92 Å². The first-order valence-electron chi connectivity index (χ1n) is 8.30. The van der Waals surface area contributed by atoms with Crippen LogP contribution in [0.25, 0.3) is 0 Å². The van der Waals surface area contributed by atoms with Gasteiger partial charge in [0.25, 0.3) is 0 Å². The molecule has 0 fully saturated rings. The highest BCUT2D eigenvalue weighted by molar-refractivity contribution is 5.85. The third kappa shape index (κ3) is 5.17. The Hall–Kier alpha value is -2.63. The van der Waals surface area contributed by atoms with Gasteiger partial charge in [0.2, 0.25) is 5.91 Å². The number of carbonyl (C=O) groups is 2. The molecule has 0 spiro atoms. The monoisotopic (exact) mass is 344 g/mol. The Balaban J connectivity index is 1.95. The van der Waals surface area contributed by atoms with Crippen molar-refractivity contribution >= 4 is 11.9 Å². The summed E-state index contributed by atoms with van der Waals surface area (Å²) in [6.45, 7) is 7.37. The lowest BCUT2D eigenvalue weighted by Gasteiger charge is -2.21. The topological polar surface area (TPSA) is 81.4 Å². The van der Waals surface area contributed by atoms with Crippen LogP contribution in [0.15, 0.2) is 34.9 Å². The number of hydrogen-bond acceptors (Lipinski definition) is 5. The molecule has 1 atom stereocenters. The van der Waals surface area contributed by atoms with Gasteiger partial charge < -0.3 is 14.6 Å². The molecule has 0 aliphatic carbocycles. The van der Waals surface area contributed by atoms with Gasteiger partial charge in [-0.25, -0.2) is 4.79 Å². The number of hydrogen-bond donors (Lipinski definition) is 1. The van der Waals surface area contributed by atoms with Crippen LogP contribution in [-0.4, -0.2) is 23.1 Å². The van der Waals surface area contributed by atoms with Gasteiger partial charge in [0, 0.05) is 0 Å². The molecule has 0 saturated heterocycles. The van der Waals surface area contributed by atoms with Crippen molar-refractivity contribution < 1.29 is 18.8 Å². The van der Waals surface area contributed by atoms with Crippen molar-refractivity contribution in [2.75, 3.05) is 0 Å². The van der Waals surface area contributed by atoms with Crippen LogP contribution in [0.1, 0.15) is 36.4 Å². The first kappa shape index (κ1) is 18.7. The van der Waals surface area contributed by atoms with Gasteiger partial charge in [-0.2, -0.15) is 0 Å². The normalized spacial score (nSPS) is 12.0. The van der Waals surface area contributed by atoms with Gasteiger partial charge in [0.05, 0.1) is 17.7 Å². The van der Waals surface area contributed by atoms with Gasteiger partial charge in [-0.05, 0) is 25.3 Å². The van der Waals surface area contributed by atoms with Gasteiger partial charge in [-0.15, -0.1) is 0 Å². The molecule has 0 aliphatic rings. The van der Waals surface area contributed by atoms with E-state index in [-0.39, 0.29) is 24.9 Å². The summed E-state index contributed by atoms with van der Waals surface area (Å²) in [5.74, 6) is -0.132. The highest BCUT2D eigenvalue weighted by Crippen LogP contribution is 2.14. The molecule has 6 heteroatoms. The third-order valence-electron chi connectivity index (χ3n) is 3.98. The van der Waals surface area contributed by atoms with Crippen molar-refractivity contribution in [3.05, 3.63) is 52.9 Å². The minimum Gasteiger partial charge on any atom is -0.459 e. The number of amides is 1. The summed E-state index contributed by atoms with van der Waals surface area (Å²) in [6.07, 6.45) is 0.223. The maximum atomic E-state index is 12.4. The van der Waals surface area contributed by atoms with E-state index in [2.05, 4.69) is 10.5 Å². The molecule has 1 N–H and O–H groups in total. The highest BCUT2D eigenvalue weighted by Gasteiger charge is 2.26. The molecule has 1 amide bonds. The molecule has 1 heterocycles. The van der Waals surface area contributed by atoms with Gasteiger partial charge in [-0.3, -0.25) is 4.79 Å².